The number of methoxy groups -OCH3 is 1. The van der Waals surface area contributed by atoms with E-state index < -0.39 is 0 Å². The second-order valence-corrected chi connectivity index (χ2v) is 2.86. The van der Waals surface area contributed by atoms with E-state index in [1.165, 1.54) is 5.56 Å². The number of nitrogens with zero attached hydrogens (tertiary/aromatic N) is 1. The van der Waals surface area contributed by atoms with E-state index in [1.807, 2.05) is 18.2 Å². The quantitative estimate of drug-likeness (QED) is 0.662. The summed E-state index contributed by atoms with van der Waals surface area (Å²) in [7, 11) is 1.66. The highest BCUT2D eigenvalue weighted by atomic mass is 16.5. The maximum absolute atomic E-state index is 8.37. The monoisotopic (exact) mass is 177 g/mol. The van der Waals surface area contributed by atoms with Gasteiger partial charge in [0.1, 0.15) is 5.75 Å². The van der Waals surface area contributed by atoms with Crippen molar-refractivity contribution >= 4 is 0 Å². The number of aryl methyl sites for hydroxylation is 1. The van der Waals surface area contributed by atoms with Crippen LogP contribution in [-0.2, 0) is 6.42 Å². The molecule has 0 atom stereocenters. The van der Waals surface area contributed by atoms with Gasteiger partial charge in [0, 0.05) is 6.42 Å². The first-order chi connectivity index (χ1) is 6.36. The molecule has 0 saturated heterocycles. The lowest BCUT2D eigenvalue weighted by Gasteiger charge is -2.02. The molecule has 13 heavy (non-hydrogen) atoms. The van der Waals surface area contributed by atoms with Gasteiger partial charge in [0.2, 0.25) is 0 Å². The predicted molar refractivity (Wildman–Crippen MR) is 51.5 cm³/mol. The lowest BCUT2D eigenvalue weighted by atomic mass is 10.1. The molecule has 0 bridgehead atoms. The molecule has 0 radical (unpaired) electrons. The summed E-state index contributed by atoms with van der Waals surface area (Å²) in [6.45, 7) is 0. The van der Waals surface area contributed by atoms with E-state index in [-0.39, 0.29) is 0 Å². The van der Waals surface area contributed by atoms with E-state index in [4.69, 9.17) is 10.00 Å². The number of nitriles is 1. The summed E-state index contributed by atoms with van der Waals surface area (Å²) in [5, 5.41) is 8.37. The maximum atomic E-state index is 8.37. The minimum atomic E-state index is 0.622. The van der Waals surface area contributed by atoms with Gasteiger partial charge in [-0.1, -0.05) is 12.1 Å². The number of benzene rings is 1. The molecular weight excluding hydrogens is 164 g/mol. The fraction of sp³-hybridized carbons (Fsp3) is 0.364. The van der Waals surface area contributed by atoms with Gasteiger partial charge < -0.3 is 4.74 Å². The zero-order valence-corrected chi connectivity index (χ0v) is 7.79. The van der Waals surface area contributed by atoms with Gasteiger partial charge in [0.25, 0.3) is 0 Å². The zero-order chi connectivity index (χ0) is 9.52. The van der Waals surface area contributed by atoms with Crippen LogP contribution in [0.4, 0.5) is 0 Å². The molecule has 0 fully saturated rings. The van der Waals surface area contributed by atoms with E-state index in [0.717, 1.165) is 18.6 Å². The lowest BCUT2D eigenvalue weighted by molar-refractivity contribution is 0.414. The van der Waals surface area contributed by atoms with Gasteiger partial charge in [-0.25, -0.2) is 0 Å². The molecule has 1 aromatic rings. The van der Waals surface area contributed by atoms with Crippen molar-refractivity contribution < 1.29 is 4.74 Å². The van der Waals surface area contributed by atoms with Crippen LogP contribution >= 0.6 is 0 Å². The van der Waals surface area contributed by atoms with Crippen LogP contribution in [0.5, 0.6) is 5.75 Å². The molecule has 1 rings (SSSR count). The summed E-state index contributed by atoms with van der Waals surface area (Å²) in [6, 6.07) is 10.1. The van der Waals surface area contributed by atoms with Gasteiger partial charge in [-0.2, -0.15) is 5.26 Å². The summed E-state index contributed by atoms with van der Waals surface area (Å²) in [4.78, 5) is 0. The third kappa shape index (κ3) is 3.16. The van der Waals surface area contributed by atoms with Gasteiger partial charge >= 0.3 is 0 Å². The van der Waals surface area contributed by atoms with E-state index >= 15 is 0 Å². The molecule has 0 N–H and O–H groups in total. The summed E-state index contributed by atoms with van der Waals surface area (Å²) >= 11 is 0. The summed E-state index contributed by atoms with van der Waals surface area (Å²) < 4.78 is 5.10. The smallest absolute Gasteiger partial charge is 0.119 e. The minimum absolute atomic E-state index is 0.622. The Morgan fingerprint density at radius 3 is 3.00 bits per heavy atom. The largest absolute Gasteiger partial charge is 0.497 e. The number of hydrogen-bond donors (Lipinski definition) is 0. The van der Waals surface area contributed by atoms with Gasteiger partial charge in [-0.3, -0.25) is 0 Å². The minimum Gasteiger partial charge on any atom is -0.497 e. The molecule has 0 unspecified atom stereocenters. The Morgan fingerprint density at radius 2 is 2.31 bits per heavy atom. The van der Waals surface area contributed by atoms with Crippen LogP contribution in [0.3, 0.4) is 0 Å². The molecule has 0 aliphatic heterocycles. The Balaban J connectivity index is 2.52. The van der Waals surface area contributed by atoms with Crippen LogP contribution in [0.2, 0.25) is 0 Å². The Morgan fingerprint density at radius 1 is 1.46 bits per heavy atom. The van der Waals surface area contributed by atoms with Crippen LogP contribution in [-0.4, -0.2) is 7.11 Å². The Bertz CT molecular complexity index is 301. The van der Waals surface area contributed by atoms with E-state index in [1.54, 1.807) is 7.11 Å². The normalized spacial score (nSPS) is 9.23. The van der Waals surface area contributed by atoms with Crippen molar-refractivity contribution in [2.45, 2.75) is 19.3 Å². The standard InChI is InChI=1S/C11H13NO/c1-13-11-7-4-6-10(9-11)5-2-3-8-12/h4,6-7,9H,2-3,5H2,1H3/i8+2. The Labute approximate surface area is 78.8 Å². The second kappa shape index (κ2) is 5.21. The lowest BCUT2D eigenvalue weighted by Crippen LogP contribution is -1.87. The molecule has 0 amide bonds. The molecule has 2 nitrogen and oxygen atoms in total. The second-order valence-electron chi connectivity index (χ2n) is 2.86. The summed E-state index contributed by atoms with van der Waals surface area (Å²) in [5.74, 6) is 0.884. The first-order valence-electron chi connectivity index (χ1n) is 4.36. The van der Waals surface area contributed by atoms with Crippen LogP contribution in [0.1, 0.15) is 18.4 Å². The molecule has 0 aliphatic carbocycles. The van der Waals surface area contributed by atoms with Gasteiger partial charge in [0.15, 0.2) is 0 Å². The molecular formula is C11H13NO. The van der Waals surface area contributed by atoms with Crippen molar-refractivity contribution in [2.75, 3.05) is 7.11 Å². The van der Waals surface area contributed by atoms with Crippen molar-refractivity contribution in [3.05, 3.63) is 29.8 Å². The third-order valence-corrected chi connectivity index (χ3v) is 1.89. The average Bonchev–Trinajstić information content (AvgIpc) is 2.19. The van der Waals surface area contributed by atoms with Crippen LogP contribution in [0.15, 0.2) is 24.3 Å². The number of hydrogen-bond acceptors (Lipinski definition) is 2. The van der Waals surface area contributed by atoms with E-state index in [0.29, 0.717) is 6.42 Å². The highest BCUT2D eigenvalue weighted by Gasteiger charge is 1.95. The number of rotatable bonds is 4. The van der Waals surface area contributed by atoms with Crippen LogP contribution in [0.25, 0.3) is 0 Å². The molecule has 0 aliphatic rings. The highest BCUT2D eigenvalue weighted by molar-refractivity contribution is 5.28. The zero-order valence-electron chi connectivity index (χ0n) is 7.79. The molecule has 2 heteroatoms. The van der Waals surface area contributed by atoms with E-state index in [2.05, 4.69) is 12.1 Å². The fourth-order valence-corrected chi connectivity index (χ4v) is 1.20. The Hall–Kier alpha value is -1.49. The van der Waals surface area contributed by atoms with Crippen LogP contribution in [0, 0.1) is 11.3 Å². The van der Waals surface area contributed by atoms with Crippen LogP contribution < -0.4 is 4.74 Å². The summed E-state index contributed by atoms with van der Waals surface area (Å²) in [6.07, 6.45) is 2.49. The van der Waals surface area contributed by atoms with Crippen molar-refractivity contribution in [3.63, 3.8) is 0 Å². The Kier molecular flexibility index (Phi) is 3.84. The van der Waals surface area contributed by atoms with Crippen molar-refractivity contribution in [1.82, 2.24) is 0 Å². The SMILES string of the molecule is COc1cccc(CCC[14C]#N)c1. The molecule has 0 spiro atoms. The maximum Gasteiger partial charge on any atom is 0.119 e. The molecule has 0 saturated carbocycles. The van der Waals surface area contributed by atoms with Gasteiger partial charge in [-0.15, -0.1) is 0 Å². The first-order valence-corrected chi connectivity index (χ1v) is 4.36. The van der Waals surface area contributed by atoms with Crippen molar-refractivity contribution in [3.8, 4) is 11.8 Å². The third-order valence-electron chi connectivity index (χ3n) is 1.89. The first kappa shape index (κ1) is 9.60. The van der Waals surface area contributed by atoms with E-state index in [9.17, 15) is 0 Å². The molecule has 0 heterocycles. The highest BCUT2D eigenvalue weighted by Crippen LogP contribution is 2.14. The average molecular weight is 177 g/mol. The topological polar surface area (TPSA) is 33.0 Å². The predicted octanol–water partition coefficient (Wildman–Crippen LogP) is 2.54. The van der Waals surface area contributed by atoms with Crippen molar-refractivity contribution in [2.24, 2.45) is 0 Å². The molecule has 0 aromatic heterocycles. The number of unbranched alkanes of at least 4 members (excludes halogenated alkanes) is 1. The molecule has 68 valence electrons. The van der Waals surface area contributed by atoms with Gasteiger partial charge in [0.05, 0.1) is 13.2 Å². The summed E-state index contributed by atoms with van der Waals surface area (Å²) in [5.41, 5.74) is 1.23. The van der Waals surface area contributed by atoms with Gasteiger partial charge in [-0.05, 0) is 30.5 Å². The fourth-order valence-electron chi connectivity index (χ4n) is 1.20. The molecule has 1 aromatic carbocycles. The number of ether oxygens (including phenoxy) is 1. The van der Waals surface area contributed by atoms with Crippen molar-refractivity contribution in [1.29, 1.82) is 5.26 Å².